The minimum absolute atomic E-state index is 0.145. The van der Waals surface area contributed by atoms with Crippen LogP contribution in [0.2, 0.25) is 0 Å². The number of benzene rings is 5. The molecule has 0 aliphatic heterocycles. The molecule has 3 N–H and O–H groups in total. The van der Waals surface area contributed by atoms with Crippen molar-refractivity contribution in [2.24, 2.45) is 5.73 Å². The van der Waals surface area contributed by atoms with Crippen LogP contribution in [0.5, 0.6) is 11.5 Å². The fourth-order valence-corrected chi connectivity index (χ4v) is 4.62. The molecule has 0 bridgehead atoms. The van der Waals surface area contributed by atoms with Gasteiger partial charge in [-0.25, -0.2) is 0 Å². The standard InChI is InChI=1S/C35H32N2O4/c36-35(39)31(37-34(38)22-27-15-17-29-13-7-8-14-30(29)19-27)20-28-16-18-32(40-23-25-9-3-1-4-10-25)33(21-28)41-24-26-11-5-2-6-12-26/h1-19,21,31H,20,22-24H2,(H2,36,39)(H,37,38)/t31-/m0/s1. The minimum Gasteiger partial charge on any atom is -0.485 e. The number of carbonyl (C=O) groups excluding carboxylic acids is 2. The van der Waals surface area contributed by atoms with E-state index in [0.717, 1.165) is 33.0 Å². The van der Waals surface area contributed by atoms with Gasteiger partial charge in [0.05, 0.1) is 6.42 Å². The molecule has 0 aliphatic carbocycles. The number of hydrogen-bond donors (Lipinski definition) is 2. The highest BCUT2D eigenvalue weighted by atomic mass is 16.5. The Morgan fingerprint density at radius 1 is 0.610 bits per heavy atom. The van der Waals surface area contributed by atoms with E-state index in [1.165, 1.54) is 0 Å². The molecule has 41 heavy (non-hydrogen) atoms. The van der Waals surface area contributed by atoms with Crippen molar-refractivity contribution in [3.05, 3.63) is 144 Å². The van der Waals surface area contributed by atoms with Crippen LogP contribution in [-0.4, -0.2) is 17.9 Å². The highest BCUT2D eigenvalue weighted by molar-refractivity contribution is 5.89. The van der Waals surface area contributed by atoms with Crippen molar-refractivity contribution in [1.29, 1.82) is 0 Å². The summed E-state index contributed by atoms with van der Waals surface area (Å²) in [6.45, 7) is 0.740. The molecule has 2 amide bonds. The van der Waals surface area contributed by atoms with E-state index in [1.54, 1.807) is 0 Å². The molecular weight excluding hydrogens is 512 g/mol. The number of amides is 2. The molecule has 6 heteroatoms. The molecule has 0 fully saturated rings. The molecule has 0 aliphatic rings. The summed E-state index contributed by atoms with van der Waals surface area (Å²) < 4.78 is 12.3. The Bertz CT molecular complexity index is 1620. The molecule has 5 aromatic rings. The zero-order chi connectivity index (χ0) is 28.4. The van der Waals surface area contributed by atoms with E-state index in [4.69, 9.17) is 15.2 Å². The lowest BCUT2D eigenvalue weighted by Crippen LogP contribution is -2.46. The lowest BCUT2D eigenvalue weighted by molar-refractivity contribution is -0.127. The molecule has 1 atom stereocenters. The third kappa shape index (κ3) is 7.73. The first-order chi connectivity index (χ1) is 20.0. The summed E-state index contributed by atoms with van der Waals surface area (Å²) in [5.41, 5.74) is 9.41. The average Bonchev–Trinajstić information content (AvgIpc) is 3.00. The van der Waals surface area contributed by atoms with Gasteiger partial charge in [-0.3, -0.25) is 9.59 Å². The average molecular weight is 545 g/mol. The van der Waals surface area contributed by atoms with Gasteiger partial charge in [-0.15, -0.1) is 0 Å². The highest BCUT2D eigenvalue weighted by Gasteiger charge is 2.20. The Kier molecular flexibility index (Phi) is 8.91. The van der Waals surface area contributed by atoms with Crippen LogP contribution < -0.4 is 20.5 Å². The number of carbonyl (C=O) groups is 2. The molecule has 5 aromatic carbocycles. The van der Waals surface area contributed by atoms with Gasteiger partial charge in [-0.2, -0.15) is 0 Å². The van der Waals surface area contributed by atoms with Crippen molar-refractivity contribution >= 4 is 22.6 Å². The van der Waals surface area contributed by atoms with Gasteiger partial charge in [0, 0.05) is 6.42 Å². The van der Waals surface area contributed by atoms with E-state index < -0.39 is 11.9 Å². The zero-order valence-electron chi connectivity index (χ0n) is 22.7. The fourth-order valence-electron chi connectivity index (χ4n) is 4.62. The van der Waals surface area contributed by atoms with Gasteiger partial charge in [-0.05, 0) is 45.2 Å². The second-order valence-corrected chi connectivity index (χ2v) is 9.91. The minimum atomic E-state index is -0.874. The lowest BCUT2D eigenvalue weighted by Gasteiger charge is -2.18. The molecule has 0 unspecified atom stereocenters. The number of nitrogens with two attached hydrogens (primary N) is 1. The summed E-state index contributed by atoms with van der Waals surface area (Å²) in [6, 6.07) is 38.3. The highest BCUT2D eigenvalue weighted by Crippen LogP contribution is 2.30. The molecule has 0 saturated carbocycles. The smallest absolute Gasteiger partial charge is 0.240 e. The quantitative estimate of drug-likeness (QED) is 0.209. The molecule has 0 heterocycles. The monoisotopic (exact) mass is 544 g/mol. The van der Waals surface area contributed by atoms with E-state index in [1.807, 2.05) is 121 Å². The first-order valence-corrected chi connectivity index (χ1v) is 13.6. The fraction of sp³-hybridized carbons (Fsp3) is 0.143. The SMILES string of the molecule is NC(=O)[C@H](Cc1ccc(OCc2ccccc2)c(OCc2ccccc2)c1)NC(=O)Cc1ccc2ccccc2c1. The maximum absolute atomic E-state index is 12.9. The summed E-state index contributed by atoms with van der Waals surface area (Å²) in [7, 11) is 0. The number of nitrogens with one attached hydrogen (secondary N) is 1. The molecule has 0 aromatic heterocycles. The lowest BCUT2D eigenvalue weighted by atomic mass is 10.0. The molecule has 0 spiro atoms. The van der Waals surface area contributed by atoms with Crippen LogP contribution in [-0.2, 0) is 35.6 Å². The van der Waals surface area contributed by atoms with Gasteiger partial charge < -0.3 is 20.5 Å². The second kappa shape index (κ2) is 13.3. The summed E-state index contributed by atoms with van der Waals surface area (Å²) in [5, 5.41) is 4.98. The molecule has 0 radical (unpaired) electrons. The van der Waals surface area contributed by atoms with Crippen molar-refractivity contribution in [3.8, 4) is 11.5 Å². The zero-order valence-corrected chi connectivity index (χ0v) is 22.7. The van der Waals surface area contributed by atoms with Crippen LogP contribution in [0.15, 0.2) is 121 Å². The Balaban J connectivity index is 1.29. The summed E-state index contributed by atoms with van der Waals surface area (Å²) in [4.78, 5) is 25.2. The number of ether oxygens (including phenoxy) is 2. The van der Waals surface area contributed by atoms with Crippen molar-refractivity contribution in [2.75, 3.05) is 0 Å². The van der Waals surface area contributed by atoms with Crippen LogP contribution in [0.1, 0.15) is 22.3 Å². The molecule has 5 rings (SSSR count). The first kappa shape index (κ1) is 27.5. The van der Waals surface area contributed by atoms with Crippen LogP contribution in [0, 0.1) is 0 Å². The van der Waals surface area contributed by atoms with Crippen LogP contribution in [0.25, 0.3) is 10.8 Å². The maximum atomic E-state index is 12.9. The van der Waals surface area contributed by atoms with E-state index in [2.05, 4.69) is 5.32 Å². The van der Waals surface area contributed by atoms with Gasteiger partial charge in [0.1, 0.15) is 19.3 Å². The van der Waals surface area contributed by atoms with Crippen LogP contribution in [0.4, 0.5) is 0 Å². The summed E-state index contributed by atoms with van der Waals surface area (Å²) in [6.07, 6.45) is 0.367. The van der Waals surface area contributed by atoms with Gasteiger partial charge in [0.15, 0.2) is 11.5 Å². The maximum Gasteiger partial charge on any atom is 0.240 e. The van der Waals surface area contributed by atoms with Gasteiger partial charge in [0.2, 0.25) is 11.8 Å². The topological polar surface area (TPSA) is 90.7 Å². The third-order valence-electron chi connectivity index (χ3n) is 6.78. The predicted octanol–water partition coefficient (Wildman–Crippen LogP) is 5.75. The predicted molar refractivity (Wildman–Crippen MR) is 160 cm³/mol. The molecule has 6 nitrogen and oxygen atoms in total. The normalized spacial score (nSPS) is 11.5. The van der Waals surface area contributed by atoms with Gasteiger partial charge in [-0.1, -0.05) is 109 Å². The van der Waals surface area contributed by atoms with E-state index in [9.17, 15) is 9.59 Å². The number of primary amides is 1. The van der Waals surface area contributed by atoms with Crippen molar-refractivity contribution in [3.63, 3.8) is 0 Å². The van der Waals surface area contributed by atoms with Crippen molar-refractivity contribution < 1.29 is 19.1 Å². The Hall–Kier alpha value is -5.10. The van der Waals surface area contributed by atoms with E-state index in [-0.39, 0.29) is 18.7 Å². The first-order valence-electron chi connectivity index (χ1n) is 13.6. The van der Waals surface area contributed by atoms with E-state index in [0.29, 0.717) is 24.7 Å². The molecular formula is C35H32N2O4. The Labute approximate surface area is 239 Å². The summed E-state index contributed by atoms with van der Waals surface area (Å²) >= 11 is 0. The van der Waals surface area contributed by atoms with Crippen LogP contribution in [0.3, 0.4) is 0 Å². The Morgan fingerprint density at radius 2 is 1.20 bits per heavy atom. The number of rotatable bonds is 12. The largest absolute Gasteiger partial charge is 0.485 e. The van der Waals surface area contributed by atoms with Crippen molar-refractivity contribution in [1.82, 2.24) is 5.32 Å². The van der Waals surface area contributed by atoms with Gasteiger partial charge in [0.25, 0.3) is 0 Å². The number of hydrogen-bond acceptors (Lipinski definition) is 4. The van der Waals surface area contributed by atoms with Crippen molar-refractivity contribution in [2.45, 2.75) is 32.1 Å². The molecule has 0 saturated heterocycles. The second-order valence-electron chi connectivity index (χ2n) is 9.91. The summed E-state index contributed by atoms with van der Waals surface area (Å²) in [5.74, 6) is 0.262. The van der Waals surface area contributed by atoms with E-state index >= 15 is 0 Å². The molecule has 206 valence electrons. The Morgan fingerprint density at radius 3 is 1.85 bits per heavy atom. The van der Waals surface area contributed by atoms with Gasteiger partial charge >= 0.3 is 0 Å². The number of fused-ring (bicyclic) bond motifs is 1. The van der Waals surface area contributed by atoms with Crippen LogP contribution >= 0.6 is 0 Å². The third-order valence-corrected chi connectivity index (χ3v) is 6.78.